The topological polar surface area (TPSA) is 89.5 Å². The van der Waals surface area contributed by atoms with E-state index >= 15 is 0 Å². The number of methoxy groups -OCH3 is 1. The molecule has 19 heavy (non-hydrogen) atoms. The van der Waals surface area contributed by atoms with E-state index < -0.39 is 20.2 Å². The Morgan fingerprint density at radius 2 is 2.16 bits per heavy atom. The van der Waals surface area contributed by atoms with E-state index in [1.54, 1.807) is 0 Å². The highest BCUT2D eigenvalue weighted by molar-refractivity contribution is 8.14. The van der Waals surface area contributed by atoms with E-state index in [2.05, 4.69) is 9.97 Å². The van der Waals surface area contributed by atoms with Gasteiger partial charge in [0.1, 0.15) is 11.6 Å². The number of amides is 1. The van der Waals surface area contributed by atoms with Crippen LogP contribution in [0, 0.1) is 0 Å². The first-order chi connectivity index (χ1) is 8.84. The third kappa shape index (κ3) is 2.75. The quantitative estimate of drug-likeness (QED) is 0.603. The van der Waals surface area contributed by atoms with Gasteiger partial charge in [-0.25, -0.2) is 18.4 Å². The molecule has 0 spiro atoms. The molecule has 1 aromatic heterocycles. The third-order valence-corrected chi connectivity index (χ3v) is 4.83. The Kier molecular flexibility index (Phi) is 3.84. The summed E-state index contributed by atoms with van der Waals surface area (Å²) in [4.78, 5) is 20.7. The zero-order valence-corrected chi connectivity index (χ0v) is 12.0. The smallest absolute Gasteiger partial charge is 0.237 e. The van der Waals surface area contributed by atoms with Crippen LogP contribution in [0.4, 0.5) is 5.82 Å². The molecule has 1 aliphatic heterocycles. The molecule has 1 atom stereocenters. The van der Waals surface area contributed by atoms with Crippen LogP contribution < -0.4 is 9.64 Å². The van der Waals surface area contributed by atoms with Gasteiger partial charge in [0.15, 0.2) is 16.7 Å². The van der Waals surface area contributed by atoms with Crippen molar-refractivity contribution in [2.75, 3.05) is 18.6 Å². The first-order valence-electron chi connectivity index (χ1n) is 5.13. The molecule has 104 valence electrons. The summed E-state index contributed by atoms with van der Waals surface area (Å²) >= 11 is 5.82. The van der Waals surface area contributed by atoms with Gasteiger partial charge in [0, 0.05) is 23.6 Å². The van der Waals surface area contributed by atoms with Gasteiger partial charge in [-0.1, -0.05) is 11.6 Å². The summed E-state index contributed by atoms with van der Waals surface area (Å²) in [6.45, 7) is -0.0889. The maximum Gasteiger partial charge on any atom is 0.237 e. The fourth-order valence-electron chi connectivity index (χ4n) is 1.78. The number of aromatic nitrogens is 2. The van der Waals surface area contributed by atoms with Crippen molar-refractivity contribution in [3.63, 3.8) is 0 Å². The predicted octanol–water partition coefficient (Wildman–Crippen LogP) is 0.812. The number of carbonyl (C=O) groups excluding carboxylic acids is 1. The molecule has 0 bridgehead atoms. The summed E-state index contributed by atoms with van der Waals surface area (Å²) in [7, 11) is 2.80. The number of hydrogen-bond acceptors (Lipinski definition) is 6. The van der Waals surface area contributed by atoms with Crippen molar-refractivity contribution in [3.8, 4) is 5.75 Å². The Hall–Kier alpha value is -1.12. The monoisotopic (exact) mass is 325 g/mol. The predicted molar refractivity (Wildman–Crippen MR) is 69.1 cm³/mol. The molecule has 1 amide bonds. The molecule has 1 fully saturated rings. The number of carbonyl (C=O) groups is 1. The van der Waals surface area contributed by atoms with Crippen LogP contribution in [-0.2, 0) is 13.8 Å². The summed E-state index contributed by atoms with van der Waals surface area (Å²) in [5.41, 5.74) is 0. The van der Waals surface area contributed by atoms with E-state index in [0.29, 0.717) is 0 Å². The zero-order chi connectivity index (χ0) is 14.2. The zero-order valence-electron chi connectivity index (χ0n) is 9.71. The fourth-order valence-corrected chi connectivity index (χ4v) is 3.01. The standard InChI is InChI=1S/C9H9Cl2N3O4S/c1-18-7-8(10)12-4-13-9(7)14-3-5(2-6(14)15)19(11,16)17/h4-5H,2-3H2,1H3. The van der Waals surface area contributed by atoms with Gasteiger partial charge in [-0.15, -0.1) is 0 Å². The van der Waals surface area contributed by atoms with Gasteiger partial charge in [0.2, 0.25) is 15.0 Å². The largest absolute Gasteiger partial charge is 0.490 e. The van der Waals surface area contributed by atoms with E-state index in [1.165, 1.54) is 12.0 Å². The molecule has 0 aromatic carbocycles. The van der Waals surface area contributed by atoms with Crippen LogP contribution in [0.1, 0.15) is 6.42 Å². The summed E-state index contributed by atoms with van der Waals surface area (Å²) in [5, 5.41) is -0.933. The Morgan fingerprint density at radius 3 is 2.68 bits per heavy atom. The molecule has 0 saturated carbocycles. The van der Waals surface area contributed by atoms with Crippen molar-refractivity contribution in [3.05, 3.63) is 11.5 Å². The summed E-state index contributed by atoms with van der Waals surface area (Å²) < 4.78 is 27.6. The molecule has 0 aliphatic carbocycles. The van der Waals surface area contributed by atoms with Gasteiger partial charge >= 0.3 is 0 Å². The van der Waals surface area contributed by atoms with Crippen molar-refractivity contribution in [1.29, 1.82) is 0 Å². The number of ether oxygens (including phenoxy) is 1. The number of nitrogens with zero attached hydrogens (tertiary/aromatic N) is 3. The van der Waals surface area contributed by atoms with Gasteiger partial charge in [0.25, 0.3) is 0 Å². The van der Waals surface area contributed by atoms with Crippen LogP contribution in [0.2, 0.25) is 5.15 Å². The second-order valence-corrected chi connectivity index (χ2v) is 7.09. The van der Waals surface area contributed by atoms with Gasteiger partial charge < -0.3 is 4.74 Å². The molecule has 2 heterocycles. The average molecular weight is 326 g/mol. The molecule has 1 aromatic rings. The molecule has 1 saturated heterocycles. The van der Waals surface area contributed by atoms with Crippen LogP contribution in [0.5, 0.6) is 5.75 Å². The van der Waals surface area contributed by atoms with Crippen molar-refractivity contribution in [1.82, 2.24) is 9.97 Å². The minimum atomic E-state index is -3.81. The lowest BCUT2D eigenvalue weighted by molar-refractivity contribution is -0.117. The second-order valence-electron chi connectivity index (χ2n) is 3.83. The molecular formula is C9H9Cl2N3O4S. The number of hydrogen-bond donors (Lipinski definition) is 0. The fraction of sp³-hybridized carbons (Fsp3) is 0.444. The molecule has 0 radical (unpaired) electrons. The minimum Gasteiger partial charge on any atom is -0.490 e. The second kappa shape index (κ2) is 5.10. The molecule has 0 N–H and O–H groups in total. The SMILES string of the molecule is COc1c(Cl)ncnc1N1CC(S(=O)(=O)Cl)CC1=O. The highest BCUT2D eigenvalue weighted by atomic mass is 35.7. The Labute approximate surface area is 118 Å². The van der Waals surface area contributed by atoms with Crippen LogP contribution in [0.3, 0.4) is 0 Å². The molecule has 1 aliphatic rings. The van der Waals surface area contributed by atoms with Gasteiger partial charge in [-0.2, -0.15) is 0 Å². The summed E-state index contributed by atoms with van der Waals surface area (Å²) in [6.07, 6.45) is 0.965. The van der Waals surface area contributed by atoms with E-state index in [9.17, 15) is 13.2 Å². The highest BCUT2D eigenvalue weighted by Gasteiger charge is 2.39. The minimum absolute atomic E-state index is 0.0393. The molecule has 2 rings (SSSR count). The maximum atomic E-state index is 11.9. The molecule has 1 unspecified atom stereocenters. The van der Waals surface area contributed by atoms with Crippen molar-refractivity contribution >= 4 is 43.1 Å². The first kappa shape index (κ1) is 14.3. The lowest BCUT2D eigenvalue weighted by Gasteiger charge is -2.17. The van der Waals surface area contributed by atoms with Crippen LogP contribution in [0.15, 0.2) is 6.33 Å². The van der Waals surface area contributed by atoms with Gasteiger partial charge in [-0.3, -0.25) is 9.69 Å². The lowest BCUT2D eigenvalue weighted by Crippen LogP contribution is -2.28. The van der Waals surface area contributed by atoms with Crippen LogP contribution in [0.25, 0.3) is 0 Å². The van der Waals surface area contributed by atoms with E-state index in [-0.39, 0.29) is 29.7 Å². The van der Waals surface area contributed by atoms with Gasteiger partial charge in [0.05, 0.1) is 7.11 Å². The lowest BCUT2D eigenvalue weighted by atomic mass is 10.4. The Bertz CT molecular complexity index is 622. The van der Waals surface area contributed by atoms with Crippen LogP contribution >= 0.6 is 22.3 Å². The third-order valence-electron chi connectivity index (χ3n) is 2.69. The van der Waals surface area contributed by atoms with Crippen molar-refractivity contribution in [2.24, 2.45) is 0 Å². The normalized spacial score (nSPS) is 19.8. The number of halogens is 2. The number of rotatable bonds is 3. The summed E-state index contributed by atoms with van der Waals surface area (Å²) in [6, 6.07) is 0. The van der Waals surface area contributed by atoms with E-state index in [4.69, 9.17) is 27.0 Å². The van der Waals surface area contributed by atoms with Crippen LogP contribution in [-0.4, -0.2) is 43.2 Å². The van der Waals surface area contributed by atoms with Crippen molar-refractivity contribution < 1.29 is 17.9 Å². The van der Waals surface area contributed by atoms with E-state index in [1.807, 2.05) is 0 Å². The maximum absolute atomic E-state index is 11.9. The average Bonchev–Trinajstić information content (AvgIpc) is 2.70. The Balaban J connectivity index is 2.39. The summed E-state index contributed by atoms with van der Waals surface area (Å²) in [5.74, 6) is -0.164. The van der Waals surface area contributed by atoms with Gasteiger partial charge in [-0.05, 0) is 0 Å². The van der Waals surface area contributed by atoms with Crippen molar-refractivity contribution in [2.45, 2.75) is 11.7 Å². The first-order valence-corrected chi connectivity index (χ1v) is 7.88. The molecule has 10 heteroatoms. The number of anilines is 1. The molecular weight excluding hydrogens is 317 g/mol. The Morgan fingerprint density at radius 1 is 1.47 bits per heavy atom. The highest BCUT2D eigenvalue weighted by Crippen LogP contribution is 2.35. The molecule has 7 nitrogen and oxygen atoms in total. The van der Waals surface area contributed by atoms with E-state index in [0.717, 1.165) is 6.33 Å².